The highest BCUT2D eigenvalue weighted by atomic mass is 32.1. The summed E-state index contributed by atoms with van der Waals surface area (Å²) in [5.41, 5.74) is 1.02. The van der Waals surface area contributed by atoms with Crippen molar-refractivity contribution < 1.29 is 9.21 Å². The summed E-state index contributed by atoms with van der Waals surface area (Å²) in [4.78, 5) is 16.1. The van der Waals surface area contributed by atoms with Gasteiger partial charge in [0.15, 0.2) is 0 Å². The molecule has 0 aliphatic carbocycles. The van der Waals surface area contributed by atoms with Gasteiger partial charge in [-0.25, -0.2) is 0 Å². The maximum absolute atomic E-state index is 12.7. The van der Waals surface area contributed by atoms with Crippen LogP contribution in [0.25, 0.3) is 10.6 Å². The van der Waals surface area contributed by atoms with E-state index in [1.165, 1.54) is 11.3 Å². The smallest absolute Gasteiger partial charge is 0.264 e. The van der Waals surface area contributed by atoms with Crippen molar-refractivity contribution in [3.8, 4) is 10.6 Å². The van der Waals surface area contributed by atoms with Gasteiger partial charge in [-0.15, -0.1) is 11.3 Å². The molecule has 0 radical (unpaired) electrons. The van der Waals surface area contributed by atoms with E-state index in [4.69, 9.17) is 4.42 Å². The van der Waals surface area contributed by atoms with E-state index < -0.39 is 0 Å². The summed E-state index contributed by atoms with van der Waals surface area (Å²) < 4.78 is 7.36. The highest BCUT2D eigenvalue weighted by Gasteiger charge is 2.22. The first-order valence-electron chi connectivity index (χ1n) is 7.38. The molecule has 0 aromatic carbocycles. The molecule has 1 amide bonds. The van der Waals surface area contributed by atoms with Gasteiger partial charge in [-0.1, -0.05) is 0 Å². The highest BCUT2D eigenvalue weighted by Crippen LogP contribution is 2.31. The summed E-state index contributed by atoms with van der Waals surface area (Å²) >= 11 is 1.45. The van der Waals surface area contributed by atoms with Crippen LogP contribution in [0.4, 0.5) is 0 Å². The van der Waals surface area contributed by atoms with Gasteiger partial charge in [0.05, 0.1) is 22.0 Å². The van der Waals surface area contributed by atoms with Crippen molar-refractivity contribution in [2.24, 2.45) is 7.05 Å². The zero-order chi connectivity index (χ0) is 16.6. The number of carbonyl (C=O) groups excluding carboxylic acids is 1. The Hall–Kier alpha value is -2.34. The van der Waals surface area contributed by atoms with Gasteiger partial charge in [0.2, 0.25) is 0 Å². The molecule has 0 saturated heterocycles. The summed E-state index contributed by atoms with van der Waals surface area (Å²) in [5.74, 6) is 1.67. The summed E-state index contributed by atoms with van der Waals surface area (Å²) in [5, 5.41) is 4.17. The van der Waals surface area contributed by atoms with Crippen molar-refractivity contribution in [2.45, 2.75) is 19.9 Å². The average molecular weight is 329 g/mol. The van der Waals surface area contributed by atoms with Crippen LogP contribution in [0.3, 0.4) is 0 Å². The first kappa shape index (κ1) is 15.6. The molecule has 0 saturated carbocycles. The Kier molecular flexibility index (Phi) is 4.09. The molecule has 0 spiro atoms. The van der Waals surface area contributed by atoms with Gasteiger partial charge >= 0.3 is 0 Å². The van der Waals surface area contributed by atoms with Crippen LogP contribution in [0.15, 0.2) is 41.1 Å². The van der Waals surface area contributed by atoms with Gasteiger partial charge < -0.3 is 9.32 Å². The Morgan fingerprint density at radius 2 is 2.13 bits per heavy atom. The molecule has 3 aromatic rings. The molecule has 0 fully saturated rings. The van der Waals surface area contributed by atoms with Crippen molar-refractivity contribution in [1.82, 2.24) is 14.7 Å². The second-order valence-electron chi connectivity index (χ2n) is 5.61. The van der Waals surface area contributed by atoms with Crippen molar-refractivity contribution in [1.29, 1.82) is 0 Å². The predicted molar refractivity (Wildman–Crippen MR) is 90.5 cm³/mol. The van der Waals surface area contributed by atoms with Crippen LogP contribution >= 0.6 is 11.3 Å². The third-order valence-corrected chi connectivity index (χ3v) is 5.00. The van der Waals surface area contributed by atoms with Crippen LogP contribution < -0.4 is 0 Å². The lowest BCUT2D eigenvalue weighted by molar-refractivity contribution is 0.0747. The molecular weight excluding hydrogens is 310 g/mol. The van der Waals surface area contributed by atoms with Gasteiger partial charge in [0, 0.05) is 25.9 Å². The molecule has 0 bridgehead atoms. The molecule has 3 heterocycles. The maximum atomic E-state index is 12.7. The molecule has 5 nitrogen and oxygen atoms in total. The Labute approximate surface area is 139 Å². The first-order chi connectivity index (χ1) is 11.0. The van der Waals surface area contributed by atoms with E-state index in [0.29, 0.717) is 4.88 Å². The fourth-order valence-corrected chi connectivity index (χ4v) is 3.33. The van der Waals surface area contributed by atoms with E-state index in [1.807, 2.05) is 58.4 Å². The second kappa shape index (κ2) is 6.04. The Bertz CT molecular complexity index is 830. The standard InChI is InChI=1S/C17H19N3O2S/c1-11-5-6-14(22-11)15-7-8-16(23-15)17(21)20(4)12(2)13-9-18-19(3)10-13/h5-10,12H,1-4H3. The minimum absolute atomic E-state index is 0.000816. The van der Waals surface area contributed by atoms with E-state index in [0.717, 1.165) is 22.0 Å². The van der Waals surface area contributed by atoms with E-state index in [1.54, 1.807) is 15.8 Å². The number of thiophene rings is 1. The first-order valence-corrected chi connectivity index (χ1v) is 8.19. The lowest BCUT2D eigenvalue weighted by Crippen LogP contribution is -2.28. The molecule has 0 N–H and O–H groups in total. The van der Waals surface area contributed by atoms with E-state index in [-0.39, 0.29) is 11.9 Å². The van der Waals surface area contributed by atoms with Crippen LogP contribution in [0.2, 0.25) is 0 Å². The third kappa shape index (κ3) is 3.07. The minimum atomic E-state index is -0.0346. The van der Waals surface area contributed by atoms with Crippen molar-refractivity contribution in [3.05, 3.63) is 52.9 Å². The summed E-state index contributed by atoms with van der Waals surface area (Å²) in [6.45, 7) is 3.91. The van der Waals surface area contributed by atoms with Crippen LogP contribution in [0.5, 0.6) is 0 Å². The maximum Gasteiger partial charge on any atom is 0.264 e. The average Bonchev–Trinajstić information content (AvgIpc) is 3.25. The molecule has 1 atom stereocenters. The lowest BCUT2D eigenvalue weighted by atomic mass is 10.1. The second-order valence-corrected chi connectivity index (χ2v) is 6.70. The number of furan rings is 1. The molecule has 6 heteroatoms. The number of aromatic nitrogens is 2. The van der Waals surface area contributed by atoms with Crippen molar-refractivity contribution >= 4 is 17.2 Å². The minimum Gasteiger partial charge on any atom is -0.461 e. The lowest BCUT2D eigenvalue weighted by Gasteiger charge is -2.23. The molecule has 3 aromatic heterocycles. The number of aryl methyl sites for hydroxylation is 2. The SMILES string of the molecule is Cc1ccc(-c2ccc(C(=O)N(C)C(C)c3cnn(C)c3)s2)o1. The summed E-state index contributed by atoms with van der Waals surface area (Å²) in [7, 11) is 3.69. The van der Waals surface area contributed by atoms with Crippen LogP contribution in [0.1, 0.15) is 34.0 Å². The van der Waals surface area contributed by atoms with Crippen LogP contribution in [0, 0.1) is 6.92 Å². The fourth-order valence-electron chi connectivity index (χ4n) is 2.38. The van der Waals surface area contributed by atoms with Crippen molar-refractivity contribution in [2.75, 3.05) is 7.05 Å². The van der Waals surface area contributed by atoms with Crippen molar-refractivity contribution in [3.63, 3.8) is 0 Å². The molecule has 23 heavy (non-hydrogen) atoms. The van der Waals surface area contributed by atoms with E-state index in [9.17, 15) is 4.79 Å². The van der Waals surface area contributed by atoms with Gasteiger partial charge in [-0.05, 0) is 38.1 Å². The zero-order valence-electron chi connectivity index (χ0n) is 13.6. The summed E-state index contributed by atoms with van der Waals surface area (Å²) in [6, 6.07) is 7.60. The Morgan fingerprint density at radius 3 is 2.74 bits per heavy atom. The highest BCUT2D eigenvalue weighted by molar-refractivity contribution is 7.17. The molecular formula is C17H19N3O2S. The third-order valence-electron chi connectivity index (χ3n) is 3.91. The van der Waals surface area contributed by atoms with E-state index >= 15 is 0 Å². The molecule has 3 rings (SSSR count). The predicted octanol–water partition coefficient (Wildman–Crippen LogP) is 3.88. The fraction of sp³-hybridized carbons (Fsp3) is 0.294. The number of carbonyl (C=O) groups is 1. The Balaban J connectivity index is 1.79. The van der Waals surface area contributed by atoms with Gasteiger partial charge in [0.1, 0.15) is 11.5 Å². The quantitative estimate of drug-likeness (QED) is 0.730. The number of rotatable bonds is 4. The normalized spacial score (nSPS) is 12.3. The molecule has 1 unspecified atom stereocenters. The molecule has 0 aliphatic rings. The van der Waals surface area contributed by atoms with Gasteiger partial charge in [-0.2, -0.15) is 5.10 Å². The molecule has 120 valence electrons. The van der Waals surface area contributed by atoms with Crippen LogP contribution in [-0.4, -0.2) is 27.6 Å². The number of hydrogen-bond donors (Lipinski definition) is 0. The monoisotopic (exact) mass is 329 g/mol. The Morgan fingerprint density at radius 1 is 1.35 bits per heavy atom. The zero-order valence-corrected chi connectivity index (χ0v) is 14.4. The number of nitrogens with zero attached hydrogens (tertiary/aromatic N) is 3. The van der Waals surface area contributed by atoms with Crippen LogP contribution in [-0.2, 0) is 7.05 Å². The largest absolute Gasteiger partial charge is 0.461 e. The van der Waals surface area contributed by atoms with E-state index in [2.05, 4.69) is 5.10 Å². The topological polar surface area (TPSA) is 51.3 Å². The van der Waals surface area contributed by atoms with Gasteiger partial charge in [0.25, 0.3) is 5.91 Å². The number of amides is 1. The number of hydrogen-bond acceptors (Lipinski definition) is 4. The molecule has 0 aliphatic heterocycles. The van der Waals surface area contributed by atoms with Gasteiger partial charge in [-0.3, -0.25) is 9.48 Å². The summed E-state index contributed by atoms with van der Waals surface area (Å²) in [6.07, 6.45) is 3.72.